The molecule has 1 aliphatic heterocycles. The number of fused-ring (bicyclic) bond motifs is 1. The molecule has 0 saturated carbocycles. The average molecular weight is 305 g/mol. The van der Waals surface area contributed by atoms with Gasteiger partial charge in [-0.15, -0.1) is 0 Å². The van der Waals surface area contributed by atoms with E-state index in [0.717, 1.165) is 19.1 Å². The molecule has 1 aliphatic rings. The summed E-state index contributed by atoms with van der Waals surface area (Å²) in [7, 11) is -1.15. The predicted molar refractivity (Wildman–Crippen MR) is 85.2 cm³/mol. The Morgan fingerprint density at radius 3 is 2.10 bits per heavy atom. The third kappa shape index (κ3) is 4.01. The molecule has 4 nitrogen and oxygen atoms in total. The molecular formula is C16H23NO3Si. The highest BCUT2D eigenvalue weighted by molar-refractivity contribution is 6.76. The van der Waals surface area contributed by atoms with Crippen LogP contribution in [0.2, 0.25) is 19.6 Å². The van der Waals surface area contributed by atoms with Crippen LogP contribution in [0.3, 0.4) is 0 Å². The Kier molecular flexibility index (Phi) is 4.95. The fraction of sp³-hybridized carbons (Fsp3) is 0.500. The normalized spacial score (nSPS) is 14.7. The van der Waals surface area contributed by atoms with Gasteiger partial charge in [-0.3, -0.25) is 14.5 Å². The Morgan fingerprint density at radius 2 is 1.57 bits per heavy atom. The molecule has 0 unspecified atom stereocenters. The first-order valence-electron chi connectivity index (χ1n) is 7.43. The zero-order valence-electron chi connectivity index (χ0n) is 13.0. The average Bonchev–Trinajstić information content (AvgIpc) is 2.66. The number of rotatable bonds is 7. The summed E-state index contributed by atoms with van der Waals surface area (Å²) in [4.78, 5) is 25.6. The zero-order valence-corrected chi connectivity index (χ0v) is 14.0. The van der Waals surface area contributed by atoms with Crippen LogP contribution in [0.5, 0.6) is 0 Å². The SMILES string of the molecule is C[Si](C)(C)COCCCCN1C(=O)c2ccccc2C1=O. The quantitative estimate of drug-likeness (QED) is 0.442. The second kappa shape index (κ2) is 6.53. The van der Waals surface area contributed by atoms with E-state index >= 15 is 0 Å². The highest BCUT2D eigenvalue weighted by Gasteiger charge is 2.34. The van der Waals surface area contributed by atoms with Crippen LogP contribution in [-0.4, -0.2) is 44.2 Å². The standard InChI is InChI=1S/C16H23NO3Si/c1-21(2,3)12-20-11-7-6-10-17-15(18)13-8-4-5-9-14(13)16(17)19/h4-5,8-9H,6-7,10-12H2,1-3H3. The van der Waals surface area contributed by atoms with Crippen molar-refractivity contribution in [2.45, 2.75) is 32.5 Å². The maximum Gasteiger partial charge on any atom is 0.261 e. The van der Waals surface area contributed by atoms with Crippen molar-refractivity contribution in [2.75, 3.05) is 19.4 Å². The van der Waals surface area contributed by atoms with Crippen molar-refractivity contribution in [2.24, 2.45) is 0 Å². The van der Waals surface area contributed by atoms with Crippen LogP contribution in [0.15, 0.2) is 24.3 Å². The van der Waals surface area contributed by atoms with E-state index in [4.69, 9.17) is 4.74 Å². The second-order valence-electron chi connectivity index (χ2n) is 6.63. The van der Waals surface area contributed by atoms with Gasteiger partial charge in [-0.25, -0.2) is 0 Å². The van der Waals surface area contributed by atoms with E-state index in [1.807, 2.05) is 0 Å². The van der Waals surface area contributed by atoms with E-state index in [1.54, 1.807) is 24.3 Å². The molecule has 0 aromatic heterocycles. The summed E-state index contributed by atoms with van der Waals surface area (Å²) in [6, 6.07) is 7.01. The van der Waals surface area contributed by atoms with Crippen LogP contribution in [0.4, 0.5) is 0 Å². The molecule has 0 N–H and O–H groups in total. The molecule has 1 heterocycles. The Balaban J connectivity index is 1.76. The van der Waals surface area contributed by atoms with E-state index in [9.17, 15) is 9.59 Å². The number of hydrogen-bond donors (Lipinski definition) is 0. The first-order chi connectivity index (χ1) is 9.90. The minimum atomic E-state index is -1.15. The largest absolute Gasteiger partial charge is 0.385 e. The summed E-state index contributed by atoms with van der Waals surface area (Å²) in [5.41, 5.74) is 1.05. The van der Waals surface area contributed by atoms with Crippen LogP contribution in [0, 0.1) is 0 Å². The number of nitrogens with zero attached hydrogens (tertiary/aromatic N) is 1. The van der Waals surface area contributed by atoms with Gasteiger partial charge in [0.25, 0.3) is 11.8 Å². The van der Waals surface area contributed by atoms with Gasteiger partial charge in [-0.2, -0.15) is 0 Å². The third-order valence-electron chi connectivity index (χ3n) is 3.33. The molecule has 2 amide bonds. The lowest BCUT2D eigenvalue weighted by Gasteiger charge is -2.16. The number of unbranched alkanes of at least 4 members (excludes halogenated alkanes) is 1. The summed E-state index contributed by atoms with van der Waals surface area (Å²) in [5, 5.41) is 0. The van der Waals surface area contributed by atoms with Gasteiger partial charge in [-0.1, -0.05) is 31.8 Å². The van der Waals surface area contributed by atoms with Crippen molar-refractivity contribution in [3.8, 4) is 0 Å². The molecule has 114 valence electrons. The fourth-order valence-electron chi connectivity index (χ4n) is 2.29. The number of imide groups is 1. The Hall–Kier alpha value is -1.46. The minimum absolute atomic E-state index is 0.168. The van der Waals surface area contributed by atoms with Gasteiger partial charge in [0.05, 0.1) is 19.2 Å². The second-order valence-corrected chi connectivity index (χ2v) is 12.0. The van der Waals surface area contributed by atoms with E-state index in [2.05, 4.69) is 19.6 Å². The van der Waals surface area contributed by atoms with Gasteiger partial charge in [0.15, 0.2) is 0 Å². The minimum Gasteiger partial charge on any atom is -0.385 e. The van der Waals surface area contributed by atoms with Crippen LogP contribution in [-0.2, 0) is 4.74 Å². The van der Waals surface area contributed by atoms with Gasteiger partial charge in [0, 0.05) is 19.4 Å². The van der Waals surface area contributed by atoms with Gasteiger partial charge in [0.1, 0.15) is 0 Å². The molecule has 0 bridgehead atoms. The summed E-state index contributed by atoms with van der Waals surface area (Å²) in [6.45, 7) is 7.99. The van der Waals surface area contributed by atoms with Crippen molar-refractivity contribution < 1.29 is 14.3 Å². The molecule has 0 aliphatic carbocycles. The maximum atomic E-state index is 12.1. The first kappa shape index (κ1) is 15.9. The monoisotopic (exact) mass is 305 g/mol. The molecule has 0 spiro atoms. The fourth-order valence-corrected chi connectivity index (χ4v) is 3.05. The van der Waals surface area contributed by atoms with Gasteiger partial charge in [-0.05, 0) is 25.0 Å². The van der Waals surface area contributed by atoms with Crippen molar-refractivity contribution in [3.05, 3.63) is 35.4 Å². The molecule has 0 saturated heterocycles. The molecule has 21 heavy (non-hydrogen) atoms. The summed E-state index contributed by atoms with van der Waals surface area (Å²) < 4.78 is 5.65. The molecule has 0 radical (unpaired) electrons. The van der Waals surface area contributed by atoms with Crippen molar-refractivity contribution in [1.29, 1.82) is 0 Å². The first-order valence-corrected chi connectivity index (χ1v) is 11.1. The number of hydrogen-bond acceptors (Lipinski definition) is 3. The van der Waals surface area contributed by atoms with Crippen LogP contribution in [0.1, 0.15) is 33.6 Å². The van der Waals surface area contributed by atoms with Crippen molar-refractivity contribution in [1.82, 2.24) is 4.90 Å². The van der Waals surface area contributed by atoms with Crippen molar-refractivity contribution >= 4 is 19.9 Å². The van der Waals surface area contributed by atoms with E-state index in [-0.39, 0.29) is 11.8 Å². The molecular weight excluding hydrogens is 282 g/mol. The number of amides is 2. The van der Waals surface area contributed by atoms with E-state index < -0.39 is 8.07 Å². The summed E-state index contributed by atoms with van der Waals surface area (Å²) in [5.74, 6) is -0.336. The predicted octanol–water partition coefficient (Wildman–Crippen LogP) is 2.96. The molecule has 0 fully saturated rings. The molecule has 0 atom stereocenters. The number of carbonyl (C=O) groups is 2. The Morgan fingerprint density at radius 1 is 1.00 bits per heavy atom. The zero-order chi connectivity index (χ0) is 15.5. The van der Waals surface area contributed by atoms with Crippen molar-refractivity contribution in [3.63, 3.8) is 0 Å². The van der Waals surface area contributed by atoms with Gasteiger partial charge < -0.3 is 4.74 Å². The number of benzene rings is 1. The van der Waals surface area contributed by atoms with Crippen LogP contribution < -0.4 is 0 Å². The molecule has 1 aromatic rings. The van der Waals surface area contributed by atoms with Gasteiger partial charge >= 0.3 is 0 Å². The Labute approximate surface area is 127 Å². The molecule has 2 rings (SSSR count). The Bertz CT molecular complexity index is 502. The summed E-state index contributed by atoms with van der Waals surface area (Å²) >= 11 is 0. The molecule has 1 aromatic carbocycles. The van der Waals surface area contributed by atoms with Crippen LogP contribution in [0.25, 0.3) is 0 Å². The lowest BCUT2D eigenvalue weighted by molar-refractivity contribution is 0.0646. The summed E-state index contributed by atoms with van der Waals surface area (Å²) in [6.07, 6.45) is 2.52. The third-order valence-corrected chi connectivity index (χ3v) is 4.40. The van der Waals surface area contributed by atoms with E-state index in [1.165, 1.54) is 4.90 Å². The number of ether oxygens (including phenoxy) is 1. The highest BCUT2D eigenvalue weighted by Crippen LogP contribution is 2.22. The van der Waals surface area contributed by atoms with E-state index in [0.29, 0.717) is 24.3 Å². The maximum absolute atomic E-state index is 12.1. The molecule has 5 heteroatoms. The van der Waals surface area contributed by atoms with Gasteiger partial charge in [0.2, 0.25) is 0 Å². The van der Waals surface area contributed by atoms with Crippen LogP contribution >= 0.6 is 0 Å². The topological polar surface area (TPSA) is 46.6 Å². The lowest BCUT2D eigenvalue weighted by atomic mass is 10.1. The highest BCUT2D eigenvalue weighted by atomic mass is 28.3. The number of carbonyl (C=O) groups excluding carboxylic acids is 2. The smallest absolute Gasteiger partial charge is 0.261 e. The lowest BCUT2D eigenvalue weighted by Crippen LogP contribution is -2.31.